The number of hydrogen-bond donors (Lipinski definition) is 0. The molecule has 3 aromatic rings. The molecule has 31 heavy (non-hydrogen) atoms. The van der Waals surface area contributed by atoms with E-state index in [9.17, 15) is 13.2 Å². The molecular formula is C21H24N2O6S2. The normalized spacial score (nSPS) is 12.2. The van der Waals surface area contributed by atoms with Crippen LogP contribution < -0.4 is 19.0 Å². The number of aryl methyl sites for hydroxylation is 1. The summed E-state index contributed by atoms with van der Waals surface area (Å²) in [5.74, 6) is 1.02. The molecule has 0 atom stereocenters. The highest BCUT2D eigenvalue weighted by Crippen LogP contribution is 2.35. The number of thiazole rings is 1. The highest BCUT2D eigenvalue weighted by molar-refractivity contribution is 7.91. The van der Waals surface area contributed by atoms with Gasteiger partial charge in [-0.1, -0.05) is 11.3 Å². The van der Waals surface area contributed by atoms with Crippen molar-refractivity contribution in [3.8, 4) is 17.2 Å². The van der Waals surface area contributed by atoms with Gasteiger partial charge < -0.3 is 18.8 Å². The van der Waals surface area contributed by atoms with Crippen LogP contribution in [0.3, 0.4) is 0 Å². The van der Waals surface area contributed by atoms with Gasteiger partial charge in [0, 0.05) is 13.0 Å². The first-order chi connectivity index (χ1) is 14.8. The Morgan fingerprint density at radius 2 is 1.65 bits per heavy atom. The lowest BCUT2D eigenvalue weighted by molar-refractivity contribution is -0.117. The molecule has 0 aliphatic rings. The van der Waals surface area contributed by atoms with E-state index >= 15 is 0 Å². The zero-order chi connectivity index (χ0) is 22.6. The first kappa shape index (κ1) is 22.8. The number of ether oxygens (including phenoxy) is 3. The molecule has 0 spiro atoms. The van der Waals surface area contributed by atoms with Crippen LogP contribution in [0.5, 0.6) is 17.2 Å². The Morgan fingerprint density at radius 3 is 2.23 bits per heavy atom. The van der Waals surface area contributed by atoms with Crippen LogP contribution >= 0.6 is 11.3 Å². The van der Waals surface area contributed by atoms with Crippen LogP contribution in [0, 0.1) is 0 Å². The van der Waals surface area contributed by atoms with E-state index in [1.54, 1.807) is 38.5 Å². The first-order valence-electron chi connectivity index (χ1n) is 9.53. The molecule has 0 saturated heterocycles. The number of nitrogens with zero attached hydrogens (tertiary/aromatic N) is 2. The minimum absolute atomic E-state index is 0.140. The molecule has 3 rings (SSSR count). The predicted octanol–water partition coefficient (Wildman–Crippen LogP) is 3.04. The number of aromatic nitrogens is 1. The lowest BCUT2D eigenvalue weighted by Gasteiger charge is -2.08. The molecule has 0 bridgehead atoms. The highest BCUT2D eigenvalue weighted by atomic mass is 32.2. The number of rotatable bonds is 8. The molecule has 10 heteroatoms. The molecule has 0 fully saturated rings. The summed E-state index contributed by atoms with van der Waals surface area (Å²) in [5, 5.41) is 0. The Kier molecular flexibility index (Phi) is 7.01. The van der Waals surface area contributed by atoms with Gasteiger partial charge in [-0.2, -0.15) is 4.99 Å². The summed E-state index contributed by atoms with van der Waals surface area (Å²) in [6.07, 6.45) is -0.222. The van der Waals surface area contributed by atoms with Crippen LogP contribution in [-0.4, -0.2) is 46.0 Å². The van der Waals surface area contributed by atoms with Crippen molar-refractivity contribution < 1.29 is 27.4 Å². The van der Waals surface area contributed by atoms with E-state index in [0.29, 0.717) is 28.6 Å². The van der Waals surface area contributed by atoms with Gasteiger partial charge in [-0.15, -0.1) is 0 Å². The van der Waals surface area contributed by atoms with Crippen LogP contribution in [0.15, 0.2) is 46.3 Å². The molecular weight excluding hydrogens is 440 g/mol. The van der Waals surface area contributed by atoms with Crippen molar-refractivity contribution in [2.24, 2.45) is 4.99 Å². The molecule has 1 aromatic heterocycles. The second kappa shape index (κ2) is 9.52. The first-order valence-corrected chi connectivity index (χ1v) is 12.0. The summed E-state index contributed by atoms with van der Waals surface area (Å²) in [7, 11) is 1.04. The number of fused-ring (bicyclic) bond motifs is 1. The minimum Gasteiger partial charge on any atom is -0.497 e. The van der Waals surface area contributed by atoms with Crippen LogP contribution in [0.25, 0.3) is 10.2 Å². The lowest BCUT2D eigenvalue weighted by Crippen LogP contribution is -2.17. The minimum atomic E-state index is -3.61. The molecule has 8 nitrogen and oxygen atoms in total. The molecule has 2 aromatic carbocycles. The van der Waals surface area contributed by atoms with Crippen molar-refractivity contribution in [2.45, 2.75) is 24.8 Å². The van der Waals surface area contributed by atoms with E-state index in [2.05, 4.69) is 4.99 Å². The summed E-state index contributed by atoms with van der Waals surface area (Å²) in [4.78, 5) is 17.3. The quantitative estimate of drug-likeness (QED) is 0.508. The van der Waals surface area contributed by atoms with Gasteiger partial charge in [0.05, 0.1) is 32.0 Å². The molecule has 0 aliphatic heterocycles. The van der Waals surface area contributed by atoms with Gasteiger partial charge in [0.25, 0.3) is 0 Å². The number of amides is 1. The van der Waals surface area contributed by atoms with Gasteiger partial charge in [0.2, 0.25) is 5.91 Å². The van der Waals surface area contributed by atoms with E-state index in [-0.39, 0.29) is 17.1 Å². The van der Waals surface area contributed by atoms with Crippen molar-refractivity contribution in [1.82, 2.24) is 4.57 Å². The van der Waals surface area contributed by atoms with Gasteiger partial charge in [-0.3, -0.25) is 4.79 Å². The van der Waals surface area contributed by atoms with Crippen LogP contribution in [0.4, 0.5) is 0 Å². The lowest BCUT2D eigenvalue weighted by atomic mass is 10.3. The van der Waals surface area contributed by atoms with Gasteiger partial charge in [-0.05, 0) is 43.3 Å². The maximum atomic E-state index is 12.5. The molecule has 1 heterocycles. The Balaban J connectivity index is 1.90. The molecule has 0 saturated carbocycles. The summed E-state index contributed by atoms with van der Waals surface area (Å²) >= 11 is 1.30. The van der Waals surface area contributed by atoms with Crippen LogP contribution in [0.1, 0.15) is 13.3 Å². The maximum absolute atomic E-state index is 12.5. The van der Waals surface area contributed by atoms with Crippen molar-refractivity contribution >= 4 is 37.3 Å². The van der Waals surface area contributed by atoms with Gasteiger partial charge in [0.1, 0.15) is 27.5 Å². The number of carbonyl (C=O) groups is 1. The second-order valence-electron chi connectivity index (χ2n) is 6.53. The number of benzene rings is 2. The summed E-state index contributed by atoms with van der Waals surface area (Å²) in [6, 6.07) is 9.66. The summed E-state index contributed by atoms with van der Waals surface area (Å²) < 4.78 is 43.7. The number of sulfone groups is 1. The number of methoxy groups -OCH3 is 3. The fraction of sp³-hybridized carbons (Fsp3) is 0.333. The zero-order valence-electron chi connectivity index (χ0n) is 17.7. The molecule has 0 aliphatic carbocycles. The van der Waals surface area contributed by atoms with Crippen molar-refractivity contribution in [1.29, 1.82) is 0 Å². The van der Waals surface area contributed by atoms with Gasteiger partial charge in [-0.25, -0.2) is 8.42 Å². The third-order valence-electron chi connectivity index (χ3n) is 4.73. The zero-order valence-corrected chi connectivity index (χ0v) is 19.4. The van der Waals surface area contributed by atoms with E-state index in [1.807, 2.05) is 11.5 Å². The smallest absolute Gasteiger partial charge is 0.249 e. The van der Waals surface area contributed by atoms with Crippen molar-refractivity contribution in [3.05, 3.63) is 41.2 Å². The number of carbonyl (C=O) groups excluding carboxylic acids is 1. The average molecular weight is 465 g/mol. The van der Waals surface area contributed by atoms with Gasteiger partial charge in [0.15, 0.2) is 14.6 Å². The van der Waals surface area contributed by atoms with Crippen LogP contribution in [-0.2, 0) is 21.2 Å². The Morgan fingerprint density at radius 1 is 1.00 bits per heavy atom. The van der Waals surface area contributed by atoms with Gasteiger partial charge >= 0.3 is 0 Å². The largest absolute Gasteiger partial charge is 0.497 e. The van der Waals surface area contributed by atoms with Crippen molar-refractivity contribution in [2.75, 3.05) is 27.1 Å². The molecule has 1 amide bonds. The second-order valence-corrected chi connectivity index (χ2v) is 9.61. The maximum Gasteiger partial charge on any atom is 0.249 e. The fourth-order valence-corrected chi connectivity index (χ4v) is 5.57. The SMILES string of the molecule is CCn1c(=NC(=O)CCS(=O)(=O)c2ccc(OC)cc2)sc2c(OC)ccc(OC)c21. The third kappa shape index (κ3) is 4.75. The summed E-state index contributed by atoms with van der Waals surface area (Å²) in [6.45, 7) is 2.49. The monoisotopic (exact) mass is 464 g/mol. The Hall–Kier alpha value is -2.85. The highest BCUT2D eigenvalue weighted by Gasteiger charge is 2.18. The van der Waals surface area contributed by atoms with Crippen molar-refractivity contribution in [3.63, 3.8) is 0 Å². The molecule has 0 N–H and O–H groups in total. The molecule has 0 radical (unpaired) electrons. The standard InChI is InChI=1S/C21H24N2O6S2/c1-5-23-19-16(28-3)10-11-17(29-4)20(19)30-21(23)22-18(24)12-13-31(25,26)15-8-6-14(27-2)7-9-15/h6-11H,5,12-13H2,1-4H3. The number of hydrogen-bond acceptors (Lipinski definition) is 7. The van der Waals surface area contributed by atoms with E-state index in [4.69, 9.17) is 14.2 Å². The van der Waals surface area contributed by atoms with E-state index in [0.717, 1.165) is 10.2 Å². The Bertz CT molecular complexity index is 1260. The summed E-state index contributed by atoms with van der Waals surface area (Å²) in [5.41, 5.74) is 0.784. The Labute approximate surface area is 184 Å². The third-order valence-corrected chi connectivity index (χ3v) is 7.56. The molecule has 166 valence electrons. The van der Waals surface area contributed by atoms with E-state index in [1.165, 1.54) is 30.6 Å². The van der Waals surface area contributed by atoms with E-state index < -0.39 is 15.7 Å². The molecule has 0 unspecified atom stereocenters. The van der Waals surface area contributed by atoms with Crippen LogP contribution in [0.2, 0.25) is 0 Å². The topological polar surface area (TPSA) is 96.2 Å². The predicted molar refractivity (Wildman–Crippen MR) is 119 cm³/mol. The fourth-order valence-electron chi connectivity index (χ4n) is 3.12. The average Bonchev–Trinajstić information content (AvgIpc) is 3.15.